The number of benzene rings is 1. The summed E-state index contributed by atoms with van der Waals surface area (Å²) in [6, 6.07) is 8.57. The van der Waals surface area contributed by atoms with E-state index in [1.54, 1.807) is 6.33 Å². The molecule has 22 heavy (non-hydrogen) atoms. The molecule has 0 fully saturated rings. The fraction of sp³-hybridized carbons (Fsp3) is 0.471. The van der Waals surface area contributed by atoms with E-state index < -0.39 is 0 Å². The smallest absolute Gasteiger partial charge is 0.227 e. The first-order chi connectivity index (χ1) is 10.7. The third-order valence-corrected chi connectivity index (χ3v) is 4.30. The predicted octanol–water partition coefficient (Wildman–Crippen LogP) is 2.25. The van der Waals surface area contributed by atoms with E-state index in [-0.39, 0.29) is 11.8 Å². The van der Waals surface area contributed by atoms with E-state index in [4.69, 9.17) is 0 Å². The van der Waals surface area contributed by atoms with Crippen molar-refractivity contribution in [2.24, 2.45) is 0 Å². The second-order valence-corrected chi connectivity index (χ2v) is 6.08. The van der Waals surface area contributed by atoms with Crippen molar-refractivity contribution in [3.8, 4) is 0 Å². The molecule has 0 bridgehead atoms. The summed E-state index contributed by atoms with van der Waals surface area (Å²) in [6.45, 7) is 4.80. The maximum absolute atomic E-state index is 12.4. The van der Waals surface area contributed by atoms with Crippen molar-refractivity contribution in [2.45, 2.75) is 45.1 Å². The molecule has 1 aromatic carbocycles. The van der Waals surface area contributed by atoms with Gasteiger partial charge in [-0.25, -0.2) is 0 Å². The summed E-state index contributed by atoms with van der Waals surface area (Å²) in [5.41, 5.74) is 2.49. The van der Waals surface area contributed by atoms with Crippen molar-refractivity contribution in [3.05, 3.63) is 47.5 Å². The zero-order valence-electron chi connectivity index (χ0n) is 13.1. The minimum atomic E-state index is -0.000770. The van der Waals surface area contributed by atoms with E-state index in [1.165, 1.54) is 11.1 Å². The predicted molar refractivity (Wildman–Crippen MR) is 84.6 cm³/mol. The molecule has 0 radical (unpaired) electrons. The minimum Gasteiger partial charge on any atom is -0.355 e. The van der Waals surface area contributed by atoms with Gasteiger partial charge in [-0.3, -0.25) is 4.79 Å². The lowest BCUT2D eigenvalue weighted by atomic mass is 10.0. The highest BCUT2D eigenvalue weighted by Crippen LogP contribution is 2.32. The highest BCUT2D eigenvalue weighted by Gasteiger charge is 2.27. The van der Waals surface area contributed by atoms with Crippen molar-refractivity contribution >= 4 is 5.91 Å². The number of aromatic nitrogens is 3. The molecule has 5 nitrogen and oxygen atoms in total. The fourth-order valence-electron chi connectivity index (χ4n) is 3.13. The van der Waals surface area contributed by atoms with Gasteiger partial charge in [0.2, 0.25) is 5.91 Å². The number of rotatable bonds is 5. The maximum Gasteiger partial charge on any atom is 0.227 e. The molecule has 0 aliphatic heterocycles. The molecule has 1 N–H and O–H groups in total. The van der Waals surface area contributed by atoms with E-state index in [0.29, 0.717) is 19.0 Å². The van der Waals surface area contributed by atoms with Crippen LogP contribution >= 0.6 is 0 Å². The second-order valence-electron chi connectivity index (χ2n) is 6.08. The Morgan fingerprint density at radius 2 is 2.23 bits per heavy atom. The number of hydrogen-bond donors (Lipinski definition) is 1. The Hall–Kier alpha value is -2.17. The van der Waals surface area contributed by atoms with Crippen LogP contribution in [0.25, 0.3) is 0 Å². The molecule has 0 spiro atoms. The quantitative estimate of drug-likeness (QED) is 0.921. The van der Waals surface area contributed by atoms with Crippen molar-refractivity contribution in [1.82, 2.24) is 20.1 Å². The Balaban J connectivity index is 1.56. The molecule has 116 valence electrons. The molecule has 1 aliphatic carbocycles. The summed E-state index contributed by atoms with van der Waals surface area (Å²) in [4.78, 5) is 12.4. The van der Waals surface area contributed by atoms with Crippen LogP contribution in [0.5, 0.6) is 0 Å². The van der Waals surface area contributed by atoms with Crippen LogP contribution in [0.15, 0.2) is 30.6 Å². The number of fused-ring (bicyclic) bond motifs is 1. The fourth-order valence-corrected chi connectivity index (χ4v) is 3.13. The molecular formula is C17H22N4O. The van der Waals surface area contributed by atoms with E-state index in [2.05, 4.69) is 41.5 Å². The lowest BCUT2D eigenvalue weighted by Gasteiger charge is -2.13. The first-order valence-electron chi connectivity index (χ1n) is 7.90. The molecule has 0 saturated heterocycles. The summed E-state index contributed by atoms with van der Waals surface area (Å²) >= 11 is 0. The van der Waals surface area contributed by atoms with E-state index >= 15 is 0 Å². The van der Waals surface area contributed by atoms with Gasteiger partial charge in [-0.15, -0.1) is 10.2 Å². The van der Waals surface area contributed by atoms with Crippen LogP contribution in [0, 0.1) is 0 Å². The van der Waals surface area contributed by atoms with E-state index in [1.807, 2.05) is 16.7 Å². The number of aryl methyl sites for hydroxylation is 1. The number of nitrogens with one attached hydrogen (secondary N) is 1. The average Bonchev–Trinajstić information content (AvgIpc) is 3.13. The van der Waals surface area contributed by atoms with Crippen molar-refractivity contribution in [2.75, 3.05) is 6.54 Å². The van der Waals surface area contributed by atoms with Crippen LogP contribution in [0.4, 0.5) is 0 Å². The Labute approximate surface area is 130 Å². The Bertz CT molecular complexity index is 662. The third-order valence-electron chi connectivity index (χ3n) is 4.30. The van der Waals surface area contributed by atoms with Crippen LogP contribution in [0.2, 0.25) is 0 Å². The van der Waals surface area contributed by atoms with Gasteiger partial charge >= 0.3 is 0 Å². The van der Waals surface area contributed by atoms with Crippen LogP contribution in [0.1, 0.15) is 49.2 Å². The van der Waals surface area contributed by atoms with Crippen LogP contribution < -0.4 is 5.32 Å². The van der Waals surface area contributed by atoms with Gasteiger partial charge in [0.05, 0.1) is 5.92 Å². The van der Waals surface area contributed by atoms with Gasteiger partial charge in [0.25, 0.3) is 0 Å². The van der Waals surface area contributed by atoms with Gasteiger partial charge in [0, 0.05) is 19.0 Å². The molecule has 1 aromatic heterocycles. The molecule has 1 heterocycles. The van der Waals surface area contributed by atoms with Gasteiger partial charge in [0.1, 0.15) is 12.2 Å². The van der Waals surface area contributed by atoms with Gasteiger partial charge in [-0.1, -0.05) is 24.3 Å². The summed E-state index contributed by atoms with van der Waals surface area (Å²) in [5, 5.41) is 11.1. The van der Waals surface area contributed by atoms with Gasteiger partial charge in [0.15, 0.2) is 0 Å². The minimum absolute atomic E-state index is 0.000770. The molecule has 1 atom stereocenters. The monoisotopic (exact) mass is 298 g/mol. The number of carbonyl (C=O) groups excluding carboxylic acids is 1. The SMILES string of the molecule is CC(C)n1cnnc1CCNC(=O)[C@H]1CCc2ccccc21. The van der Waals surface area contributed by atoms with Crippen molar-refractivity contribution < 1.29 is 4.79 Å². The molecule has 5 heteroatoms. The molecule has 1 aliphatic rings. The summed E-state index contributed by atoms with van der Waals surface area (Å²) < 4.78 is 2.04. The van der Waals surface area contributed by atoms with Gasteiger partial charge in [-0.05, 0) is 37.8 Å². The molecule has 2 aromatic rings. The van der Waals surface area contributed by atoms with Gasteiger partial charge in [-0.2, -0.15) is 0 Å². The molecular weight excluding hydrogens is 276 g/mol. The van der Waals surface area contributed by atoms with Crippen LogP contribution in [0.3, 0.4) is 0 Å². The average molecular weight is 298 g/mol. The summed E-state index contributed by atoms with van der Waals surface area (Å²) in [5.74, 6) is 1.04. The zero-order valence-corrected chi connectivity index (χ0v) is 13.1. The Morgan fingerprint density at radius 3 is 3.05 bits per heavy atom. The highest BCUT2D eigenvalue weighted by atomic mass is 16.1. The maximum atomic E-state index is 12.4. The molecule has 1 amide bonds. The van der Waals surface area contributed by atoms with Crippen LogP contribution in [-0.2, 0) is 17.6 Å². The van der Waals surface area contributed by atoms with Crippen molar-refractivity contribution in [1.29, 1.82) is 0 Å². The number of nitrogens with zero attached hydrogens (tertiary/aromatic N) is 3. The van der Waals surface area contributed by atoms with E-state index in [9.17, 15) is 4.79 Å². The Kier molecular flexibility index (Phi) is 4.22. The molecule has 3 rings (SSSR count). The first kappa shape index (κ1) is 14.8. The second kappa shape index (κ2) is 6.30. The topological polar surface area (TPSA) is 59.8 Å². The van der Waals surface area contributed by atoms with Crippen LogP contribution in [-0.4, -0.2) is 27.2 Å². The zero-order chi connectivity index (χ0) is 15.5. The third kappa shape index (κ3) is 2.89. The lowest BCUT2D eigenvalue weighted by Crippen LogP contribution is -2.30. The summed E-state index contributed by atoms with van der Waals surface area (Å²) in [7, 11) is 0. The van der Waals surface area contributed by atoms with E-state index in [0.717, 1.165) is 18.7 Å². The first-order valence-corrected chi connectivity index (χ1v) is 7.90. The number of carbonyl (C=O) groups is 1. The Morgan fingerprint density at radius 1 is 1.41 bits per heavy atom. The van der Waals surface area contributed by atoms with Crippen molar-refractivity contribution in [3.63, 3.8) is 0 Å². The highest BCUT2D eigenvalue weighted by molar-refractivity contribution is 5.84. The lowest BCUT2D eigenvalue weighted by molar-refractivity contribution is -0.122. The normalized spacial score (nSPS) is 16.8. The number of hydrogen-bond acceptors (Lipinski definition) is 3. The number of amides is 1. The van der Waals surface area contributed by atoms with Gasteiger partial charge < -0.3 is 9.88 Å². The standard InChI is InChI=1S/C17H22N4O/c1-12(2)21-11-19-20-16(21)9-10-18-17(22)15-8-7-13-5-3-4-6-14(13)15/h3-6,11-12,15H,7-10H2,1-2H3,(H,18,22)/t15-/m0/s1. The largest absolute Gasteiger partial charge is 0.355 e. The molecule has 0 saturated carbocycles. The summed E-state index contributed by atoms with van der Waals surface area (Å²) in [6.07, 6.45) is 4.36. The molecule has 0 unspecified atom stereocenters.